The van der Waals surface area contributed by atoms with Crippen molar-refractivity contribution in [2.75, 3.05) is 70.9 Å². The lowest BCUT2D eigenvalue weighted by atomic mass is 10.1. The number of nitro groups is 1. The van der Waals surface area contributed by atoms with Crippen molar-refractivity contribution < 1.29 is 32.7 Å². The molecule has 1 aromatic heterocycles. The molecule has 0 spiro atoms. The number of aromatic nitrogens is 1. The summed E-state index contributed by atoms with van der Waals surface area (Å²) in [6.07, 6.45) is 0.195. The monoisotopic (exact) mass is 519 g/mol. The molecule has 0 aliphatic carbocycles. The van der Waals surface area contributed by atoms with E-state index in [1.807, 2.05) is 0 Å². The molecule has 0 saturated carbocycles. The second-order valence-corrected chi connectivity index (χ2v) is 9.38. The van der Waals surface area contributed by atoms with Crippen molar-refractivity contribution >= 4 is 41.5 Å². The zero-order chi connectivity index (χ0) is 24.8. The topological polar surface area (TPSA) is 131 Å². The quantitative estimate of drug-likeness (QED) is 0.0985. The molecule has 1 aromatic carbocycles. The predicted molar refractivity (Wildman–Crippen MR) is 130 cm³/mol. The summed E-state index contributed by atoms with van der Waals surface area (Å²) in [5.41, 5.74) is 0.620. The van der Waals surface area contributed by atoms with Crippen LogP contribution in [0.1, 0.15) is 13.8 Å². The maximum absolute atomic E-state index is 12.3. The fourth-order valence-electron chi connectivity index (χ4n) is 3.04. The first-order valence-electron chi connectivity index (χ1n) is 11.0. The second-order valence-electron chi connectivity index (χ2n) is 6.83. The Morgan fingerprint density at radius 2 is 1.59 bits per heavy atom. The smallest absolute Gasteiger partial charge is 0.332 e. The van der Waals surface area contributed by atoms with Gasteiger partial charge in [0.2, 0.25) is 5.15 Å². The van der Waals surface area contributed by atoms with Crippen molar-refractivity contribution in [3.05, 3.63) is 39.5 Å². The third-order valence-electron chi connectivity index (χ3n) is 4.46. The Morgan fingerprint density at radius 1 is 1.00 bits per heavy atom. The van der Waals surface area contributed by atoms with Crippen LogP contribution in [0.3, 0.4) is 0 Å². The van der Waals surface area contributed by atoms with Gasteiger partial charge in [0.05, 0.1) is 69.5 Å². The largest absolute Gasteiger partial charge is 0.378 e. The number of nitrogens with zero attached hydrogens (tertiary/aromatic N) is 2. The summed E-state index contributed by atoms with van der Waals surface area (Å²) in [5, 5.41) is 14.9. The number of para-hydroxylation sites is 1. The third-order valence-corrected chi connectivity index (χ3v) is 6.76. The van der Waals surface area contributed by atoms with Crippen molar-refractivity contribution in [2.24, 2.45) is 0 Å². The number of hydrogen-bond donors (Lipinski definition) is 1. The van der Waals surface area contributed by atoms with E-state index in [9.17, 15) is 14.7 Å². The van der Waals surface area contributed by atoms with E-state index in [1.54, 1.807) is 38.1 Å². The molecule has 0 aliphatic rings. The van der Waals surface area contributed by atoms with Crippen LogP contribution in [0.5, 0.6) is 0 Å². The molecule has 13 heteroatoms. The van der Waals surface area contributed by atoms with Crippen LogP contribution in [0.2, 0.25) is 5.15 Å². The lowest BCUT2D eigenvalue weighted by Gasteiger charge is -2.16. The van der Waals surface area contributed by atoms with Crippen molar-refractivity contribution in [1.29, 1.82) is 0 Å². The second kappa shape index (κ2) is 15.2. The van der Waals surface area contributed by atoms with Crippen LogP contribution in [0.15, 0.2) is 24.3 Å². The Balaban J connectivity index is 1.62. The summed E-state index contributed by atoms with van der Waals surface area (Å²) < 4.78 is 39.0. The first-order valence-corrected chi connectivity index (χ1v) is 13.1. The van der Waals surface area contributed by atoms with Gasteiger partial charge in [-0.05, 0) is 19.9 Å². The van der Waals surface area contributed by atoms with Crippen molar-refractivity contribution in [1.82, 2.24) is 4.98 Å². The van der Waals surface area contributed by atoms with E-state index in [-0.39, 0.29) is 23.6 Å². The molecule has 0 saturated heterocycles. The predicted octanol–water partition coefficient (Wildman–Crippen LogP) is 4.52. The summed E-state index contributed by atoms with van der Waals surface area (Å²) in [6, 6.07) is 7.05. The first-order chi connectivity index (χ1) is 16.4. The number of ether oxygens (including phenoxy) is 3. The molecule has 0 aliphatic heterocycles. The summed E-state index contributed by atoms with van der Waals surface area (Å²) in [7, 11) is -3.08. The van der Waals surface area contributed by atoms with Gasteiger partial charge >= 0.3 is 13.3 Å². The molecule has 2 aromatic rings. The zero-order valence-corrected chi connectivity index (χ0v) is 21.0. The van der Waals surface area contributed by atoms with Crippen LogP contribution in [-0.2, 0) is 27.8 Å². The van der Waals surface area contributed by atoms with Gasteiger partial charge in [-0.25, -0.2) is 4.98 Å². The maximum Gasteiger partial charge on any atom is 0.332 e. The Kier molecular flexibility index (Phi) is 12.7. The highest BCUT2D eigenvalue weighted by atomic mass is 35.5. The number of fused-ring (bicyclic) bond motifs is 1. The lowest BCUT2D eigenvalue weighted by molar-refractivity contribution is -0.384. The maximum atomic E-state index is 12.3. The Bertz CT molecular complexity index is 955. The van der Waals surface area contributed by atoms with Gasteiger partial charge in [-0.1, -0.05) is 29.8 Å². The molecule has 0 fully saturated rings. The van der Waals surface area contributed by atoms with Gasteiger partial charge < -0.3 is 28.6 Å². The van der Waals surface area contributed by atoms with E-state index in [1.165, 1.54) is 0 Å². The summed E-state index contributed by atoms with van der Waals surface area (Å²) in [5.74, 6) is 0. The number of halogens is 1. The van der Waals surface area contributed by atoms with Gasteiger partial charge in [0.1, 0.15) is 5.69 Å². The van der Waals surface area contributed by atoms with Crippen molar-refractivity contribution in [3.8, 4) is 0 Å². The van der Waals surface area contributed by atoms with Gasteiger partial charge in [-0.2, -0.15) is 0 Å². The van der Waals surface area contributed by atoms with E-state index in [4.69, 9.17) is 34.9 Å². The number of pyridine rings is 1. The van der Waals surface area contributed by atoms with Gasteiger partial charge in [-0.15, -0.1) is 0 Å². The van der Waals surface area contributed by atoms with E-state index < -0.39 is 12.5 Å². The Hall–Kier alpha value is -1.85. The van der Waals surface area contributed by atoms with Crippen molar-refractivity contribution in [3.63, 3.8) is 0 Å². The van der Waals surface area contributed by atoms with E-state index in [2.05, 4.69) is 10.3 Å². The molecule has 0 unspecified atom stereocenters. The van der Waals surface area contributed by atoms with Gasteiger partial charge in [0.15, 0.2) is 0 Å². The van der Waals surface area contributed by atoms with E-state index in [0.717, 1.165) is 0 Å². The van der Waals surface area contributed by atoms with Gasteiger partial charge in [-0.3, -0.25) is 14.7 Å². The van der Waals surface area contributed by atoms with Gasteiger partial charge in [0, 0.05) is 11.9 Å². The normalized spacial score (nSPS) is 11.7. The molecule has 2 rings (SSSR count). The molecule has 190 valence electrons. The van der Waals surface area contributed by atoms with Crippen LogP contribution >= 0.6 is 19.2 Å². The van der Waals surface area contributed by atoms with Crippen LogP contribution in [0, 0.1) is 10.1 Å². The minimum absolute atomic E-state index is 0.165. The number of hydrogen-bond acceptors (Lipinski definition) is 10. The molecule has 0 amide bonds. The molecule has 0 bridgehead atoms. The average molecular weight is 520 g/mol. The summed E-state index contributed by atoms with van der Waals surface area (Å²) in [4.78, 5) is 15.0. The minimum Gasteiger partial charge on any atom is -0.378 e. The van der Waals surface area contributed by atoms with E-state index >= 15 is 0 Å². The fourth-order valence-corrected chi connectivity index (χ4v) is 4.77. The number of nitrogens with one attached hydrogen (secondary N) is 1. The molecular formula is C21H31ClN3O8P. The highest BCUT2D eigenvalue weighted by molar-refractivity contribution is 7.53. The molecular weight excluding hydrogens is 489 g/mol. The zero-order valence-electron chi connectivity index (χ0n) is 19.4. The fraction of sp³-hybridized carbons (Fsp3) is 0.571. The Morgan fingerprint density at radius 3 is 2.21 bits per heavy atom. The van der Waals surface area contributed by atoms with Crippen LogP contribution in [-0.4, -0.2) is 75.5 Å². The highest BCUT2D eigenvalue weighted by Crippen LogP contribution is 2.47. The lowest BCUT2D eigenvalue weighted by Crippen LogP contribution is -2.15. The van der Waals surface area contributed by atoms with Crippen molar-refractivity contribution in [2.45, 2.75) is 13.8 Å². The summed E-state index contributed by atoms with van der Waals surface area (Å²) in [6.45, 7) is 6.50. The first kappa shape index (κ1) is 28.4. The number of benzene rings is 1. The Labute approximate surface area is 203 Å². The molecule has 34 heavy (non-hydrogen) atoms. The summed E-state index contributed by atoms with van der Waals surface area (Å²) >= 11 is 6.02. The SMILES string of the molecule is CCOP(=O)(CCOCCOCCOCCNc1c([N+](=O)[O-])c(Cl)nc2ccccc12)OCC. The highest BCUT2D eigenvalue weighted by Gasteiger charge is 2.24. The van der Waals surface area contributed by atoms with Gasteiger partial charge in [0.25, 0.3) is 0 Å². The minimum atomic E-state index is -3.08. The van der Waals surface area contributed by atoms with Crippen LogP contribution in [0.25, 0.3) is 10.9 Å². The molecule has 1 heterocycles. The third kappa shape index (κ3) is 9.07. The molecule has 1 N–H and O–H groups in total. The standard InChI is InChI=1S/C21H31ClN3O8P/c1-3-32-34(28,33-4-2)16-15-31-14-13-30-12-11-29-10-9-23-19-17-7-5-6-8-18(17)24-21(22)20(19)25(26)27/h5-8H,3-4,9-16H2,1-2H3,(H,23,24). The molecule has 11 nitrogen and oxygen atoms in total. The van der Waals surface area contributed by atoms with Crippen LogP contribution in [0.4, 0.5) is 11.4 Å². The van der Waals surface area contributed by atoms with Crippen LogP contribution < -0.4 is 5.32 Å². The molecule has 0 radical (unpaired) electrons. The number of anilines is 1. The number of rotatable bonds is 18. The molecule has 0 atom stereocenters. The van der Waals surface area contributed by atoms with E-state index in [0.29, 0.717) is 69.4 Å². The average Bonchev–Trinajstić information content (AvgIpc) is 2.79.